The summed E-state index contributed by atoms with van der Waals surface area (Å²) < 4.78 is 5.01. The fraction of sp³-hybridized carbons (Fsp3) is 0.429. The van der Waals surface area contributed by atoms with Crippen molar-refractivity contribution >= 4 is 17.7 Å². The first kappa shape index (κ1) is 14.3. The Labute approximate surface area is 117 Å². The van der Waals surface area contributed by atoms with Crippen LogP contribution in [0.15, 0.2) is 24.3 Å². The zero-order valence-electron chi connectivity index (χ0n) is 11.8. The highest BCUT2D eigenvalue weighted by molar-refractivity contribution is 5.98. The maximum atomic E-state index is 12.4. The molecule has 1 aromatic carbocycles. The molecule has 0 aliphatic carbocycles. The molecular formula is C14H18N2O4. The summed E-state index contributed by atoms with van der Waals surface area (Å²) in [5, 5.41) is 1.22. The second-order valence-corrected chi connectivity index (χ2v) is 4.45. The molecule has 0 unspecified atom stereocenters. The molecule has 2 rings (SSSR count). The van der Waals surface area contributed by atoms with Gasteiger partial charge in [-0.15, -0.1) is 0 Å². The molecule has 1 atom stereocenters. The van der Waals surface area contributed by atoms with Gasteiger partial charge in [-0.1, -0.05) is 18.2 Å². The molecule has 0 N–H and O–H groups in total. The van der Waals surface area contributed by atoms with Crippen LogP contribution in [0.1, 0.15) is 19.4 Å². The van der Waals surface area contributed by atoms with Crippen LogP contribution in [0.2, 0.25) is 0 Å². The summed E-state index contributed by atoms with van der Waals surface area (Å²) in [4.78, 5) is 31.0. The van der Waals surface area contributed by atoms with Gasteiger partial charge in [-0.05, 0) is 25.5 Å². The molecule has 0 spiro atoms. The molecule has 0 radical (unpaired) electrons. The first-order chi connectivity index (χ1) is 9.60. The van der Waals surface area contributed by atoms with E-state index in [-0.39, 0.29) is 12.5 Å². The molecule has 0 bridgehead atoms. The number of carbonyl (C=O) groups is 2. The quantitative estimate of drug-likeness (QED) is 0.829. The number of carbonyl (C=O) groups excluding carboxylic acids is 2. The minimum atomic E-state index is -0.651. The topological polar surface area (TPSA) is 59.1 Å². The number of para-hydroxylation sites is 1. The van der Waals surface area contributed by atoms with E-state index in [1.165, 1.54) is 17.1 Å². The molecule has 2 amide bonds. The van der Waals surface area contributed by atoms with E-state index in [1.54, 1.807) is 19.9 Å². The number of nitrogens with zero attached hydrogens (tertiary/aromatic N) is 2. The zero-order chi connectivity index (χ0) is 14.7. The van der Waals surface area contributed by atoms with Gasteiger partial charge in [0.05, 0.1) is 25.9 Å². The fourth-order valence-corrected chi connectivity index (χ4v) is 2.20. The van der Waals surface area contributed by atoms with Crippen molar-refractivity contribution in [2.24, 2.45) is 0 Å². The summed E-state index contributed by atoms with van der Waals surface area (Å²) in [5.74, 6) is -0.300. The maximum absolute atomic E-state index is 12.4. The standard InChI is InChI=1S/C14H18N2O4/c1-4-20-14(18)15-9-11-7-5-6-8-12(11)16(19-3)13(17)10(15)2/h5-8,10H,4,9H2,1-3H3/t10-/m0/s1. The zero-order valence-corrected chi connectivity index (χ0v) is 11.8. The number of anilines is 1. The van der Waals surface area contributed by atoms with Gasteiger partial charge in [-0.25, -0.2) is 4.79 Å². The number of hydrogen-bond acceptors (Lipinski definition) is 4. The third-order valence-electron chi connectivity index (χ3n) is 3.26. The van der Waals surface area contributed by atoms with Crippen LogP contribution >= 0.6 is 0 Å². The van der Waals surface area contributed by atoms with E-state index in [2.05, 4.69) is 0 Å². The number of amides is 2. The molecule has 20 heavy (non-hydrogen) atoms. The van der Waals surface area contributed by atoms with Crippen molar-refractivity contribution < 1.29 is 19.2 Å². The highest BCUT2D eigenvalue weighted by atomic mass is 16.7. The molecule has 1 heterocycles. The molecule has 6 nitrogen and oxygen atoms in total. The lowest BCUT2D eigenvalue weighted by Crippen LogP contribution is -2.46. The van der Waals surface area contributed by atoms with Gasteiger partial charge in [0, 0.05) is 0 Å². The minimum absolute atomic E-state index is 0.270. The lowest BCUT2D eigenvalue weighted by Gasteiger charge is -2.26. The lowest BCUT2D eigenvalue weighted by molar-refractivity contribution is -0.128. The Bertz CT molecular complexity index is 518. The molecular weight excluding hydrogens is 260 g/mol. The number of fused-ring (bicyclic) bond motifs is 1. The monoisotopic (exact) mass is 278 g/mol. The average molecular weight is 278 g/mol. The second kappa shape index (κ2) is 5.92. The van der Waals surface area contributed by atoms with Crippen molar-refractivity contribution in [3.63, 3.8) is 0 Å². The Hall–Kier alpha value is -2.08. The van der Waals surface area contributed by atoms with Crippen LogP contribution in [0.25, 0.3) is 0 Å². The van der Waals surface area contributed by atoms with Gasteiger partial charge in [0.15, 0.2) is 0 Å². The number of rotatable bonds is 2. The Balaban J connectivity index is 2.42. The number of ether oxygens (including phenoxy) is 1. The summed E-state index contributed by atoms with van der Waals surface area (Å²) >= 11 is 0. The van der Waals surface area contributed by atoms with Crippen molar-refractivity contribution in [1.82, 2.24) is 4.90 Å². The van der Waals surface area contributed by atoms with Crippen molar-refractivity contribution in [3.8, 4) is 0 Å². The van der Waals surface area contributed by atoms with E-state index in [4.69, 9.17) is 9.57 Å². The Morgan fingerprint density at radius 3 is 2.75 bits per heavy atom. The van der Waals surface area contributed by atoms with Crippen LogP contribution in [0.3, 0.4) is 0 Å². The number of hydrogen-bond donors (Lipinski definition) is 0. The van der Waals surface area contributed by atoms with E-state index in [1.807, 2.05) is 18.2 Å². The Morgan fingerprint density at radius 1 is 1.40 bits per heavy atom. The molecule has 0 saturated carbocycles. The maximum Gasteiger partial charge on any atom is 0.410 e. The molecule has 1 aliphatic heterocycles. The first-order valence-electron chi connectivity index (χ1n) is 6.49. The molecule has 1 aromatic rings. The van der Waals surface area contributed by atoms with Gasteiger partial charge >= 0.3 is 6.09 Å². The lowest BCUT2D eigenvalue weighted by atomic mass is 10.1. The number of benzene rings is 1. The van der Waals surface area contributed by atoms with Gasteiger partial charge in [0.1, 0.15) is 6.04 Å². The highest BCUT2D eigenvalue weighted by Gasteiger charge is 2.36. The van der Waals surface area contributed by atoms with E-state index in [9.17, 15) is 9.59 Å². The smallest absolute Gasteiger partial charge is 0.410 e. The van der Waals surface area contributed by atoms with Crippen molar-refractivity contribution in [1.29, 1.82) is 0 Å². The third kappa shape index (κ3) is 2.46. The Kier molecular flexibility index (Phi) is 4.24. The summed E-state index contributed by atoms with van der Waals surface area (Å²) in [6.07, 6.45) is -0.499. The van der Waals surface area contributed by atoms with Crippen molar-refractivity contribution in [2.75, 3.05) is 18.8 Å². The van der Waals surface area contributed by atoms with Gasteiger partial charge in [-0.3, -0.25) is 14.5 Å². The highest BCUT2D eigenvalue weighted by Crippen LogP contribution is 2.28. The predicted molar refractivity (Wildman–Crippen MR) is 73.0 cm³/mol. The van der Waals surface area contributed by atoms with E-state index in [0.717, 1.165) is 5.56 Å². The van der Waals surface area contributed by atoms with E-state index in [0.29, 0.717) is 12.2 Å². The molecule has 108 valence electrons. The van der Waals surface area contributed by atoms with E-state index >= 15 is 0 Å². The summed E-state index contributed by atoms with van der Waals surface area (Å²) in [6.45, 7) is 3.97. The summed E-state index contributed by atoms with van der Waals surface area (Å²) in [5.41, 5.74) is 1.48. The van der Waals surface area contributed by atoms with Crippen molar-refractivity contribution in [2.45, 2.75) is 26.4 Å². The van der Waals surface area contributed by atoms with Gasteiger partial charge in [0.25, 0.3) is 5.91 Å². The fourth-order valence-electron chi connectivity index (χ4n) is 2.20. The SMILES string of the molecule is CCOC(=O)N1Cc2ccccc2N(OC)C(=O)[C@@H]1C. The van der Waals surface area contributed by atoms with Crippen LogP contribution in [0.5, 0.6) is 0 Å². The van der Waals surface area contributed by atoms with Crippen LogP contribution in [-0.2, 0) is 20.9 Å². The van der Waals surface area contributed by atoms with Gasteiger partial charge in [0.2, 0.25) is 0 Å². The van der Waals surface area contributed by atoms with Gasteiger partial charge in [-0.2, -0.15) is 5.06 Å². The largest absolute Gasteiger partial charge is 0.450 e. The Morgan fingerprint density at radius 2 is 2.10 bits per heavy atom. The van der Waals surface area contributed by atoms with Crippen LogP contribution in [0.4, 0.5) is 10.5 Å². The molecule has 0 saturated heterocycles. The first-order valence-corrected chi connectivity index (χ1v) is 6.49. The number of hydroxylamine groups is 1. The third-order valence-corrected chi connectivity index (χ3v) is 3.26. The van der Waals surface area contributed by atoms with E-state index < -0.39 is 12.1 Å². The van der Waals surface area contributed by atoms with Crippen LogP contribution in [0, 0.1) is 0 Å². The minimum Gasteiger partial charge on any atom is -0.450 e. The molecule has 0 aromatic heterocycles. The molecule has 1 aliphatic rings. The molecule has 0 fully saturated rings. The van der Waals surface area contributed by atoms with Gasteiger partial charge < -0.3 is 4.74 Å². The predicted octanol–water partition coefficient (Wildman–Crippen LogP) is 1.94. The summed E-state index contributed by atoms with van der Waals surface area (Å²) in [6, 6.07) is 6.68. The normalized spacial score (nSPS) is 18.6. The van der Waals surface area contributed by atoms with Crippen LogP contribution in [-0.4, -0.2) is 36.7 Å². The summed E-state index contributed by atoms with van der Waals surface area (Å²) in [7, 11) is 1.43. The average Bonchev–Trinajstić information content (AvgIpc) is 2.55. The van der Waals surface area contributed by atoms with Crippen LogP contribution < -0.4 is 5.06 Å². The second-order valence-electron chi connectivity index (χ2n) is 4.45. The van der Waals surface area contributed by atoms with Crippen molar-refractivity contribution in [3.05, 3.63) is 29.8 Å². The molecule has 6 heteroatoms.